The number of hydrogen-bond donors (Lipinski definition) is 0. The van der Waals surface area contributed by atoms with Crippen LogP contribution in [0, 0.1) is 0 Å². The van der Waals surface area contributed by atoms with Crippen LogP contribution in [0.5, 0.6) is 5.75 Å². The molecule has 0 aliphatic heterocycles. The highest BCUT2D eigenvalue weighted by Gasteiger charge is 2.07. The third-order valence-corrected chi connectivity index (χ3v) is 2.67. The Bertz CT molecular complexity index is 488. The summed E-state index contributed by atoms with van der Waals surface area (Å²) in [6.07, 6.45) is 4.58. The minimum Gasteiger partial charge on any atom is -0.495 e. The fourth-order valence-corrected chi connectivity index (χ4v) is 1.83. The van der Waals surface area contributed by atoms with Crippen molar-refractivity contribution in [2.45, 2.75) is 12.8 Å². The van der Waals surface area contributed by atoms with Gasteiger partial charge in [0.15, 0.2) is 0 Å². The second-order valence-electron chi connectivity index (χ2n) is 3.80. The van der Waals surface area contributed by atoms with Crippen molar-refractivity contribution < 1.29 is 4.74 Å². The Morgan fingerprint density at radius 1 is 1.29 bits per heavy atom. The lowest BCUT2D eigenvalue weighted by atomic mass is 10.2. The predicted molar refractivity (Wildman–Crippen MR) is 68.8 cm³/mol. The molecule has 0 fully saturated rings. The number of nitrogens with zero attached hydrogens (tertiary/aromatic N) is 2. The van der Waals surface area contributed by atoms with Crippen molar-refractivity contribution in [3.63, 3.8) is 0 Å². The molecule has 87 valence electrons. The Balaban J connectivity index is 2.37. The lowest BCUT2D eigenvalue weighted by molar-refractivity contribution is 0.415. The molecule has 1 aromatic heterocycles. The van der Waals surface area contributed by atoms with Gasteiger partial charge in [-0.25, -0.2) is 0 Å². The van der Waals surface area contributed by atoms with Crippen molar-refractivity contribution >= 4 is 6.21 Å². The van der Waals surface area contributed by atoms with E-state index in [1.807, 2.05) is 42.6 Å². The van der Waals surface area contributed by atoms with Crippen molar-refractivity contribution in [3.8, 4) is 11.4 Å². The van der Waals surface area contributed by atoms with E-state index in [0.29, 0.717) is 6.42 Å². The van der Waals surface area contributed by atoms with Gasteiger partial charge in [0.1, 0.15) is 5.75 Å². The highest BCUT2D eigenvalue weighted by atomic mass is 16.5. The average molecular weight is 227 g/mol. The number of aryl methyl sites for hydroxylation is 1. The van der Waals surface area contributed by atoms with Crippen LogP contribution in [-0.2, 0) is 6.42 Å². The number of hydrogen-bond acceptors (Lipinski definition) is 1. The lowest BCUT2D eigenvalue weighted by Crippen LogP contribution is -1.99. The van der Waals surface area contributed by atoms with E-state index in [4.69, 9.17) is 10.1 Å². The number of ether oxygens (including phenoxy) is 1. The Morgan fingerprint density at radius 3 is 2.71 bits per heavy atom. The molecule has 3 heteroatoms. The topological polar surface area (TPSA) is 36.5 Å². The SMILES string of the molecule is COc1cc(CCC=[N])n(-c2ccccc2)c1. The molecular weight excluding hydrogens is 212 g/mol. The third-order valence-electron chi connectivity index (χ3n) is 2.67. The van der Waals surface area contributed by atoms with E-state index in [1.165, 1.54) is 6.21 Å². The Hall–Kier alpha value is -2.03. The molecule has 0 unspecified atom stereocenters. The first kappa shape index (κ1) is 11.5. The molecule has 1 aromatic carbocycles. The average Bonchev–Trinajstić information content (AvgIpc) is 2.80. The summed E-state index contributed by atoms with van der Waals surface area (Å²) in [7, 11) is 1.66. The summed E-state index contributed by atoms with van der Waals surface area (Å²) in [5.41, 5.74) is 2.22. The maximum atomic E-state index is 8.79. The smallest absolute Gasteiger partial charge is 0.137 e. The van der Waals surface area contributed by atoms with E-state index in [9.17, 15) is 0 Å². The Labute approximate surface area is 101 Å². The molecule has 2 rings (SSSR count). The molecule has 1 heterocycles. The van der Waals surface area contributed by atoms with Gasteiger partial charge in [0.25, 0.3) is 0 Å². The van der Waals surface area contributed by atoms with E-state index in [1.54, 1.807) is 7.11 Å². The number of benzene rings is 1. The van der Waals surface area contributed by atoms with E-state index < -0.39 is 0 Å². The van der Waals surface area contributed by atoms with E-state index in [2.05, 4.69) is 4.57 Å². The standard InChI is InChI=1S/C14H15N2O/c1-17-14-10-13(8-5-9-15)16(11-14)12-6-3-2-4-7-12/h2-4,6-7,9-11H,5,8H2,1H3. The zero-order valence-corrected chi connectivity index (χ0v) is 9.84. The van der Waals surface area contributed by atoms with Crippen LogP contribution in [0.25, 0.3) is 5.69 Å². The van der Waals surface area contributed by atoms with Crippen molar-refractivity contribution in [2.75, 3.05) is 7.11 Å². The van der Waals surface area contributed by atoms with Crippen LogP contribution in [0.2, 0.25) is 0 Å². The summed E-state index contributed by atoms with van der Waals surface area (Å²) in [5, 5.41) is 8.79. The van der Waals surface area contributed by atoms with Crippen LogP contribution in [0.3, 0.4) is 0 Å². The maximum Gasteiger partial charge on any atom is 0.137 e. The molecule has 0 aliphatic rings. The molecule has 17 heavy (non-hydrogen) atoms. The number of para-hydroxylation sites is 1. The molecule has 0 aliphatic carbocycles. The zero-order chi connectivity index (χ0) is 12.1. The van der Waals surface area contributed by atoms with Gasteiger partial charge < -0.3 is 9.30 Å². The second-order valence-corrected chi connectivity index (χ2v) is 3.80. The van der Waals surface area contributed by atoms with Crippen LogP contribution >= 0.6 is 0 Å². The third kappa shape index (κ3) is 2.56. The quantitative estimate of drug-likeness (QED) is 0.722. The van der Waals surface area contributed by atoms with Gasteiger partial charge in [-0.15, -0.1) is 0 Å². The Kier molecular flexibility index (Phi) is 3.60. The van der Waals surface area contributed by atoms with Gasteiger partial charge in [-0.3, -0.25) is 0 Å². The van der Waals surface area contributed by atoms with Gasteiger partial charge in [-0.1, -0.05) is 18.2 Å². The molecule has 0 saturated carbocycles. The van der Waals surface area contributed by atoms with Crippen molar-refractivity contribution in [3.05, 3.63) is 48.3 Å². The van der Waals surface area contributed by atoms with Crippen LogP contribution in [0.1, 0.15) is 12.1 Å². The molecule has 2 aromatic rings. The van der Waals surface area contributed by atoms with Gasteiger partial charge >= 0.3 is 0 Å². The molecular formula is C14H15N2O. The number of aromatic nitrogens is 1. The monoisotopic (exact) mass is 227 g/mol. The summed E-state index contributed by atoms with van der Waals surface area (Å²) >= 11 is 0. The summed E-state index contributed by atoms with van der Waals surface area (Å²) in [6.45, 7) is 0. The van der Waals surface area contributed by atoms with Gasteiger partial charge in [-0.2, -0.15) is 5.41 Å². The summed E-state index contributed by atoms with van der Waals surface area (Å²) < 4.78 is 7.33. The van der Waals surface area contributed by atoms with Crippen LogP contribution in [0.4, 0.5) is 0 Å². The number of rotatable bonds is 5. The molecule has 1 radical (unpaired) electrons. The van der Waals surface area contributed by atoms with Gasteiger partial charge in [0.05, 0.1) is 13.3 Å². The highest BCUT2D eigenvalue weighted by Crippen LogP contribution is 2.21. The highest BCUT2D eigenvalue weighted by molar-refractivity contribution is 5.54. The molecule has 3 nitrogen and oxygen atoms in total. The van der Waals surface area contributed by atoms with E-state index >= 15 is 0 Å². The molecule has 0 amide bonds. The summed E-state index contributed by atoms with van der Waals surface area (Å²) in [6, 6.07) is 12.1. The molecule has 0 bridgehead atoms. The normalized spacial score (nSPS) is 10.2. The fourth-order valence-electron chi connectivity index (χ4n) is 1.83. The molecule has 0 spiro atoms. The van der Waals surface area contributed by atoms with Crippen molar-refractivity contribution in [1.29, 1.82) is 0 Å². The fraction of sp³-hybridized carbons (Fsp3) is 0.214. The maximum absolute atomic E-state index is 8.79. The predicted octanol–water partition coefficient (Wildman–Crippen LogP) is 2.29. The van der Waals surface area contributed by atoms with Crippen LogP contribution in [0.15, 0.2) is 42.6 Å². The van der Waals surface area contributed by atoms with Crippen molar-refractivity contribution in [2.24, 2.45) is 0 Å². The largest absolute Gasteiger partial charge is 0.495 e. The van der Waals surface area contributed by atoms with Gasteiger partial charge in [0.2, 0.25) is 0 Å². The first-order chi connectivity index (χ1) is 8.35. The molecule has 0 saturated heterocycles. The van der Waals surface area contributed by atoms with E-state index in [0.717, 1.165) is 23.6 Å². The van der Waals surface area contributed by atoms with Gasteiger partial charge in [-0.05, 0) is 25.0 Å². The molecule has 0 N–H and O–H groups in total. The first-order valence-corrected chi connectivity index (χ1v) is 5.61. The minimum absolute atomic E-state index is 0.639. The first-order valence-electron chi connectivity index (χ1n) is 5.61. The van der Waals surface area contributed by atoms with Crippen LogP contribution in [-0.4, -0.2) is 17.9 Å². The zero-order valence-electron chi connectivity index (χ0n) is 9.84. The minimum atomic E-state index is 0.639. The Morgan fingerprint density at radius 2 is 2.06 bits per heavy atom. The molecule has 0 atom stereocenters. The van der Waals surface area contributed by atoms with Crippen molar-refractivity contribution in [1.82, 2.24) is 9.98 Å². The van der Waals surface area contributed by atoms with Crippen LogP contribution < -0.4 is 10.1 Å². The summed E-state index contributed by atoms with van der Waals surface area (Å²) in [4.78, 5) is 0. The second kappa shape index (κ2) is 5.34. The van der Waals surface area contributed by atoms with Gasteiger partial charge in [0, 0.05) is 23.7 Å². The lowest BCUT2D eigenvalue weighted by Gasteiger charge is -2.07. The van der Waals surface area contributed by atoms with E-state index in [-0.39, 0.29) is 0 Å². The number of methoxy groups -OCH3 is 1. The summed E-state index contributed by atoms with van der Waals surface area (Å²) in [5.74, 6) is 0.835.